The van der Waals surface area contributed by atoms with Crippen LogP contribution in [0.4, 0.5) is 0 Å². The minimum absolute atomic E-state index is 0.0810. The van der Waals surface area contributed by atoms with E-state index in [4.69, 9.17) is 9.15 Å². The van der Waals surface area contributed by atoms with Crippen LogP contribution in [-0.2, 0) is 0 Å². The van der Waals surface area contributed by atoms with Gasteiger partial charge in [0.1, 0.15) is 22.6 Å². The Morgan fingerprint density at radius 1 is 1.15 bits per heavy atom. The Balaban J connectivity index is 1.66. The third kappa shape index (κ3) is 2.90. The molecule has 2 saturated carbocycles. The van der Waals surface area contributed by atoms with Crippen LogP contribution in [0.2, 0.25) is 0 Å². The molecule has 8 heteroatoms. The molecule has 8 nitrogen and oxygen atoms in total. The summed E-state index contributed by atoms with van der Waals surface area (Å²) in [5.41, 5.74) is -3.40. The minimum atomic E-state index is -1.27. The first kappa shape index (κ1) is 22.3. The highest BCUT2D eigenvalue weighted by Crippen LogP contribution is 2.64. The van der Waals surface area contributed by atoms with Crippen LogP contribution in [0.15, 0.2) is 39.7 Å². The van der Waals surface area contributed by atoms with Gasteiger partial charge < -0.3 is 24.5 Å². The van der Waals surface area contributed by atoms with E-state index in [0.29, 0.717) is 18.5 Å². The number of rotatable bonds is 2. The van der Waals surface area contributed by atoms with Crippen LogP contribution in [0.25, 0.3) is 11.5 Å². The van der Waals surface area contributed by atoms with Gasteiger partial charge in [0.25, 0.3) is 0 Å². The summed E-state index contributed by atoms with van der Waals surface area (Å²) in [6, 6.07) is 6.67. The van der Waals surface area contributed by atoms with E-state index in [1.807, 2.05) is 6.92 Å². The van der Waals surface area contributed by atoms with Crippen molar-refractivity contribution in [2.24, 2.45) is 22.7 Å². The lowest BCUT2D eigenvalue weighted by molar-refractivity contribution is -0.226. The molecule has 2 aromatic rings. The molecule has 2 fully saturated rings. The molecule has 176 valence electrons. The van der Waals surface area contributed by atoms with E-state index >= 15 is 0 Å². The van der Waals surface area contributed by atoms with Crippen LogP contribution >= 0.6 is 0 Å². The molecule has 0 saturated heterocycles. The second-order valence-electron chi connectivity index (χ2n) is 10.5. The molecule has 3 N–H and O–H groups in total. The summed E-state index contributed by atoms with van der Waals surface area (Å²) in [5.74, 6) is -1.35. The highest BCUT2D eigenvalue weighted by atomic mass is 16.5. The van der Waals surface area contributed by atoms with Gasteiger partial charge in [0, 0.05) is 17.7 Å². The van der Waals surface area contributed by atoms with Gasteiger partial charge >= 0.3 is 5.63 Å². The van der Waals surface area contributed by atoms with E-state index in [0.717, 1.165) is 0 Å². The second kappa shape index (κ2) is 7.22. The van der Waals surface area contributed by atoms with Crippen molar-refractivity contribution in [3.8, 4) is 17.2 Å². The number of carbonyl (C=O) groups excluding carboxylic acids is 1. The molecule has 33 heavy (non-hydrogen) atoms. The Morgan fingerprint density at radius 3 is 2.58 bits per heavy atom. The summed E-state index contributed by atoms with van der Waals surface area (Å²) in [5, 5.41) is 32.2. The largest absolute Gasteiger partial charge is 0.483 e. The lowest BCUT2D eigenvalue weighted by atomic mass is 9.43. The number of ether oxygens (including phenoxy) is 1. The summed E-state index contributed by atoms with van der Waals surface area (Å²) >= 11 is 0. The zero-order valence-electron chi connectivity index (χ0n) is 18.9. The van der Waals surface area contributed by atoms with Crippen molar-refractivity contribution in [3.05, 3.63) is 46.4 Å². The monoisotopic (exact) mass is 455 g/mol. The highest BCUT2D eigenvalue weighted by Gasteiger charge is 2.69. The number of hydrogen-bond donors (Lipinski definition) is 3. The molecule has 0 bridgehead atoms. The average molecular weight is 456 g/mol. The van der Waals surface area contributed by atoms with Gasteiger partial charge in [-0.2, -0.15) is 0 Å². The zero-order chi connectivity index (χ0) is 23.8. The number of aromatic nitrogens is 1. The summed E-state index contributed by atoms with van der Waals surface area (Å²) in [4.78, 5) is 31.1. The Hall–Kier alpha value is -2.55. The maximum absolute atomic E-state index is 13.9. The molecule has 2 aliphatic carbocycles. The molecule has 2 unspecified atom stereocenters. The number of Topliss-reactive ketones (excluding diaryl/α,β-unsaturated/α-hetero) is 1. The lowest BCUT2D eigenvalue weighted by Crippen LogP contribution is -2.71. The van der Waals surface area contributed by atoms with Gasteiger partial charge in [-0.15, -0.1) is 0 Å². The predicted molar refractivity (Wildman–Crippen MR) is 118 cm³/mol. The third-order valence-electron chi connectivity index (χ3n) is 8.67. The van der Waals surface area contributed by atoms with E-state index < -0.39 is 46.0 Å². The number of aliphatic hydroxyl groups is 3. The number of aliphatic hydroxyl groups excluding tert-OH is 3. The maximum Gasteiger partial charge on any atom is 0.351 e. The average Bonchev–Trinajstić information content (AvgIpc) is 2.78. The van der Waals surface area contributed by atoms with Crippen LogP contribution in [0.3, 0.4) is 0 Å². The van der Waals surface area contributed by atoms with Crippen molar-refractivity contribution in [1.29, 1.82) is 0 Å². The van der Waals surface area contributed by atoms with Gasteiger partial charge in [-0.25, -0.2) is 4.79 Å². The van der Waals surface area contributed by atoms with E-state index in [-0.39, 0.29) is 36.0 Å². The molecule has 3 aliphatic rings. The normalized spacial score (nSPS) is 39.8. The number of carbonyl (C=O) groups is 1. The molecule has 2 aromatic heterocycles. The van der Waals surface area contributed by atoms with Gasteiger partial charge in [-0.1, -0.05) is 19.9 Å². The SMILES string of the molecule is C[C@]12CC[C@H](O)[C@@](C)(CO)C1C[C@H](O)[C@@]1(C)Oc3cc(-c4ccccn4)oc(=O)c3C(=O)C21. The van der Waals surface area contributed by atoms with E-state index in [1.165, 1.54) is 6.07 Å². The minimum Gasteiger partial charge on any atom is -0.483 e. The molecular formula is C25H29NO7. The second-order valence-corrected chi connectivity index (χ2v) is 10.5. The molecular weight excluding hydrogens is 426 g/mol. The van der Waals surface area contributed by atoms with Crippen LogP contribution in [0.1, 0.15) is 50.4 Å². The summed E-state index contributed by atoms with van der Waals surface area (Å²) in [6.45, 7) is 5.18. The fraction of sp³-hybridized carbons (Fsp3) is 0.560. The summed E-state index contributed by atoms with van der Waals surface area (Å²) in [7, 11) is 0. The lowest BCUT2D eigenvalue weighted by Gasteiger charge is -2.64. The van der Waals surface area contributed by atoms with Gasteiger partial charge in [-0.05, 0) is 49.7 Å². The van der Waals surface area contributed by atoms with E-state index in [1.54, 1.807) is 38.2 Å². The van der Waals surface area contributed by atoms with Crippen molar-refractivity contribution < 1.29 is 29.3 Å². The van der Waals surface area contributed by atoms with Crippen molar-refractivity contribution in [1.82, 2.24) is 4.98 Å². The number of ketones is 1. The smallest absolute Gasteiger partial charge is 0.351 e. The summed E-state index contributed by atoms with van der Waals surface area (Å²) in [6.07, 6.45) is 0.937. The summed E-state index contributed by atoms with van der Waals surface area (Å²) < 4.78 is 11.8. The van der Waals surface area contributed by atoms with Crippen molar-refractivity contribution in [2.45, 2.75) is 57.8 Å². The molecule has 0 amide bonds. The first-order chi connectivity index (χ1) is 15.6. The fourth-order valence-electron chi connectivity index (χ4n) is 6.82. The predicted octanol–water partition coefficient (Wildman–Crippen LogP) is 2.19. The Morgan fingerprint density at radius 2 is 1.91 bits per heavy atom. The molecule has 0 aromatic carbocycles. The number of hydrogen-bond acceptors (Lipinski definition) is 8. The number of nitrogens with zero attached hydrogens (tertiary/aromatic N) is 1. The fourth-order valence-corrected chi connectivity index (χ4v) is 6.82. The quantitative estimate of drug-likeness (QED) is 0.628. The standard InChI is InChI=1S/C25H29NO7/c1-23-8-7-17(28)24(2,12-27)16(23)11-18(29)25(3)21(23)20(30)19-15(33-25)10-14(32-22(19)31)13-6-4-5-9-26-13/h4-6,9-10,16-18,21,27-29H,7-8,11-12H2,1-3H3/t16?,17-,18-,21?,23-,24-,25+/m0/s1. The Labute approximate surface area is 191 Å². The molecule has 7 atom stereocenters. The van der Waals surface area contributed by atoms with E-state index in [9.17, 15) is 24.9 Å². The Bertz CT molecular complexity index is 1160. The van der Waals surface area contributed by atoms with Gasteiger partial charge in [-0.3, -0.25) is 9.78 Å². The third-order valence-corrected chi connectivity index (χ3v) is 8.67. The van der Waals surface area contributed by atoms with Crippen LogP contribution in [-0.4, -0.2) is 50.5 Å². The zero-order valence-corrected chi connectivity index (χ0v) is 18.9. The molecule has 1 aliphatic heterocycles. The number of pyridine rings is 1. The van der Waals surface area contributed by atoms with Crippen LogP contribution < -0.4 is 10.4 Å². The molecule has 0 spiro atoms. The van der Waals surface area contributed by atoms with Crippen molar-refractivity contribution >= 4 is 5.78 Å². The first-order valence-electron chi connectivity index (χ1n) is 11.4. The van der Waals surface area contributed by atoms with Crippen LogP contribution in [0.5, 0.6) is 5.75 Å². The highest BCUT2D eigenvalue weighted by molar-refractivity contribution is 6.02. The Kier molecular flexibility index (Phi) is 4.87. The molecule has 5 rings (SSSR count). The van der Waals surface area contributed by atoms with Crippen molar-refractivity contribution in [3.63, 3.8) is 0 Å². The van der Waals surface area contributed by atoms with Gasteiger partial charge in [0.05, 0.1) is 24.7 Å². The maximum atomic E-state index is 13.9. The number of fused-ring (bicyclic) bond motifs is 4. The van der Waals surface area contributed by atoms with Crippen LogP contribution in [0, 0.1) is 22.7 Å². The topological polar surface area (TPSA) is 130 Å². The molecule has 0 radical (unpaired) electrons. The van der Waals surface area contributed by atoms with Gasteiger partial charge in [0.2, 0.25) is 0 Å². The van der Waals surface area contributed by atoms with Crippen molar-refractivity contribution in [2.75, 3.05) is 6.61 Å². The molecule has 3 heterocycles. The van der Waals surface area contributed by atoms with Gasteiger partial charge in [0.15, 0.2) is 11.5 Å². The first-order valence-corrected chi connectivity index (χ1v) is 11.4. The van der Waals surface area contributed by atoms with E-state index in [2.05, 4.69) is 4.98 Å².